The minimum Gasteiger partial charge on any atom is -0.467 e. The van der Waals surface area contributed by atoms with Gasteiger partial charge in [0.05, 0.1) is 30.1 Å². The predicted octanol–water partition coefficient (Wildman–Crippen LogP) is 4.08. The normalized spacial score (nSPS) is 14.1. The number of benzene rings is 1. The minimum atomic E-state index is 0.578. The van der Waals surface area contributed by atoms with Gasteiger partial charge in [-0.25, -0.2) is 0 Å². The molecule has 0 bridgehead atoms. The Hall–Kier alpha value is -1.73. The highest BCUT2D eigenvalue weighted by Crippen LogP contribution is 2.37. The summed E-state index contributed by atoms with van der Waals surface area (Å²) in [5.41, 5.74) is 1.79. The average Bonchev–Trinajstić information content (AvgIpc) is 3.14. The summed E-state index contributed by atoms with van der Waals surface area (Å²) in [4.78, 5) is 2.34. The lowest BCUT2D eigenvalue weighted by atomic mass is 10.2. The van der Waals surface area contributed by atoms with Crippen LogP contribution in [0.2, 0.25) is 0 Å². The smallest absolute Gasteiger partial charge is 0.123 e. The molecule has 0 saturated heterocycles. The summed E-state index contributed by atoms with van der Waals surface area (Å²) in [6, 6.07) is 12.4. The predicted molar refractivity (Wildman–Crippen MR) is 76.8 cm³/mol. The van der Waals surface area contributed by atoms with Crippen LogP contribution in [0.25, 0.3) is 0 Å². The molecule has 0 radical (unpaired) electrons. The van der Waals surface area contributed by atoms with Crippen molar-refractivity contribution in [2.45, 2.75) is 25.4 Å². The van der Waals surface area contributed by atoms with Crippen molar-refractivity contribution in [1.82, 2.24) is 0 Å². The van der Waals surface area contributed by atoms with Crippen molar-refractivity contribution < 1.29 is 4.42 Å². The van der Waals surface area contributed by atoms with E-state index < -0.39 is 0 Å². The van der Waals surface area contributed by atoms with Gasteiger partial charge in [-0.2, -0.15) is 5.26 Å². The lowest BCUT2D eigenvalue weighted by Crippen LogP contribution is -2.25. The Morgan fingerprint density at radius 2 is 2.21 bits per heavy atom. The Morgan fingerprint density at radius 3 is 2.79 bits per heavy atom. The van der Waals surface area contributed by atoms with Gasteiger partial charge in [0.2, 0.25) is 0 Å². The van der Waals surface area contributed by atoms with E-state index in [4.69, 9.17) is 9.68 Å². The zero-order chi connectivity index (χ0) is 13.2. The summed E-state index contributed by atoms with van der Waals surface area (Å²) in [6.07, 6.45) is 4.13. The van der Waals surface area contributed by atoms with Crippen LogP contribution in [0.15, 0.2) is 45.5 Å². The highest BCUT2D eigenvalue weighted by Gasteiger charge is 2.30. The van der Waals surface area contributed by atoms with Gasteiger partial charge in [0.15, 0.2) is 0 Å². The van der Waals surface area contributed by atoms with Crippen molar-refractivity contribution in [3.8, 4) is 6.07 Å². The standard InChI is InChI=1S/C15H13BrN2O/c16-14-8-11(9-17)3-6-15(14)18(12-4-5-12)10-13-2-1-7-19-13/h1-3,6-8,12H,4-5,10H2. The van der Waals surface area contributed by atoms with Crippen LogP contribution in [0.5, 0.6) is 0 Å². The summed E-state index contributed by atoms with van der Waals surface area (Å²) in [6.45, 7) is 0.766. The number of rotatable bonds is 4. The Kier molecular flexibility index (Phi) is 3.31. The number of anilines is 1. The van der Waals surface area contributed by atoms with Crippen molar-refractivity contribution in [1.29, 1.82) is 5.26 Å². The zero-order valence-corrected chi connectivity index (χ0v) is 11.9. The van der Waals surface area contributed by atoms with Crippen molar-refractivity contribution in [2.24, 2.45) is 0 Å². The largest absolute Gasteiger partial charge is 0.467 e. The molecule has 1 heterocycles. The third-order valence-electron chi connectivity index (χ3n) is 3.28. The first-order valence-electron chi connectivity index (χ1n) is 6.26. The third kappa shape index (κ3) is 2.66. The highest BCUT2D eigenvalue weighted by atomic mass is 79.9. The van der Waals surface area contributed by atoms with E-state index in [-0.39, 0.29) is 0 Å². The van der Waals surface area contributed by atoms with E-state index in [0.717, 1.165) is 22.5 Å². The molecule has 1 aromatic heterocycles. The van der Waals surface area contributed by atoms with Crippen LogP contribution in [0.4, 0.5) is 5.69 Å². The summed E-state index contributed by atoms with van der Waals surface area (Å²) in [5.74, 6) is 0.961. The van der Waals surface area contributed by atoms with Crippen LogP contribution in [0.1, 0.15) is 24.2 Å². The molecule has 0 atom stereocenters. The summed E-state index contributed by atoms with van der Waals surface area (Å²) < 4.78 is 6.40. The molecule has 1 aliphatic rings. The van der Waals surface area contributed by atoms with Gasteiger partial charge in [0.25, 0.3) is 0 Å². The fourth-order valence-electron chi connectivity index (χ4n) is 2.18. The quantitative estimate of drug-likeness (QED) is 0.853. The Morgan fingerprint density at radius 1 is 1.37 bits per heavy atom. The zero-order valence-electron chi connectivity index (χ0n) is 10.3. The number of nitrogens with zero attached hydrogens (tertiary/aromatic N) is 2. The van der Waals surface area contributed by atoms with Crippen molar-refractivity contribution in [3.05, 3.63) is 52.4 Å². The molecule has 1 aromatic carbocycles. The molecule has 1 fully saturated rings. The first-order valence-corrected chi connectivity index (χ1v) is 7.06. The van der Waals surface area contributed by atoms with Gasteiger partial charge in [0, 0.05) is 10.5 Å². The number of hydrogen-bond donors (Lipinski definition) is 0. The molecule has 1 aliphatic carbocycles. The molecule has 4 heteroatoms. The van der Waals surface area contributed by atoms with E-state index in [9.17, 15) is 0 Å². The fourth-order valence-corrected chi connectivity index (χ4v) is 2.78. The molecule has 3 nitrogen and oxygen atoms in total. The summed E-state index contributed by atoms with van der Waals surface area (Å²) >= 11 is 3.57. The van der Waals surface area contributed by atoms with E-state index in [2.05, 4.69) is 26.9 Å². The Labute approximate surface area is 120 Å². The highest BCUT2D eigenvalue weighted by molar-refractivity contribution is 9.10. The fraction of sp³-hybridized carbons (Fsp3) is 0.267. The molecule has 0 amide bonds. The van der Waals surface area contributed by atoms with E-state index in [1.54, 1.807) is 6.26 Å². The molecule has 0 N–H and O–H groups in total. The van der Waals surface area contributed by atoms with Gasteiger partial charge in [-0.05, 0) is 59.1 Å². The number of nitriles is 1. The van der Waals surface area contributed by atoms with Crippen LogP contribution in [-0.4, -0.2) is 6.04 Å². The molecular weight excluding hydrogens is 304 g/mol. The molecule has 3 rings (SSSR count). The SMILES string of the molecule is N#Cc1ccc(N(Cc2ccco2)C2CC2)c(Br)c1. The molecule has 1 saturated carbocycles. The number of halogens is 1. The molecule has 96 valence electrons. The monoisotopic (exact) mass is 316 g/mol. The number of furan rings is 1. The maximum Gasteiger partial charge on any atom is 0.123 e. The summed E-state index contributed by atoms with van der Waals surface area (Å²) in [5, 5.41) is 8.92. The van der Waals surface area contributed by atoms with Gasteiger partial charge in [-0.3, -0.25) is 0 Å². The topological polar surface area (TPSA) is 40.2 Å². The van der Waals surface area contributed by atoms with Crippen LogP contribution >= 0.6 is 15.9 Å². The molecule has 19 heavy (non-hydrogen) atoms. The van der Waals surface area contributed by atoms with Gasteiger partial charge in [0.1, 0.15) is 5.76 Å². The molecule has 0 spiro atoms. The lowest BCUT2D eigenvalue weighted by Gasteiger charge is -2.25. The van der Waals surface area contributed by atoms with E-state index >= 15 is 0 Å². The first-order chi connectivity index (χ1) is 9.28. The van der Waals surface area contributed by atoms with Gasteiger partial charge >= 0.3 is 0 Å². The summed E-state index contributed by atoms with van der Waals surface area (Å²) in [7, 11) is 0. The van der Waals surface area contributed by atoms with Crippen LogP contribution in [-0.2, 0) is 6.54 Å². The van der Waals surface area contributed by atoms with Crippen molar-refractivity contribution >= 4 is 21.6 Å². The second kappa shape index (κ2) is 5.10. The van der Waals surface area contributed by atoms with Crippen LogP contribution < -0.4 is 4.90 Å². The first kappa shape index (κ1) is 12.3. The van der Waals surface area contributed by atoms with E-state index in [1.165, 1.54) is 12.8 Å². The molecular formula is C15H13BrN2O. The second-order valence-electron chi connectivity index (χ2n) is 4.72. The Bertz CT molecular complexity index is 612. The van der Waals surface area contributed by atoms with E-state index in [1.807, 2.05) is 30.3 Å². The van der Waals surface area contributed by atoms with Gasteiger partial charge < -0.3 is 9.32 Å². The van der Waals surface area contributed by atoms with Crippen molar-refractivity contribution in [2.75, 3.05) is 4.90 Å². The second-order valence-corrected chi connectivity index (χ2v) is 5.57. The number of hydrogen-bond acceptors (Lipinski definition) is 3. The minimum absolute atomic E-state index is 0.578. The van der Waals surface area contributed by atoms with Crippen LogP contribution in [0.3, 0.4) is 0 Å². The molecule has 2 aromatic rings. The lowest BCUT2D eigenvalue weighted by molar-refractivity contribution is 0.501. The van der Waals surface area contributed by atoms with Gasteiger partial charge in [-0.15, -0.1) is 0 Å². The van der Waals surface area contributed by atoms with Crippen molar-refractivity contribution in [3.63, 3.8) is 0 Å². The maximum atomic E-state index is 8.92. The average molecular weight is 317 g/mol. The third-order valence-corrected chi connectivity index (χ3v) is 3.92. The van der Waals surface area contributed by atoms with E-state index in [0.29, 0.717) is 11.6 Å². The molecule has 0 unspecified atom stereocenters. The Balaban J connectivity index is 1.90. The molecule has 0 aliphatic heterocycles. The maximum absolute atomic E-state index is 8.92. The van der Waals surface area contributed by atoms with Gasteiger partial charge in [-0.1, -0.05) is 0 Å². The van der Waals surface area contributed by atoms with Crippen LogP contribution in [0, 0.1) is 11.3 Å².